The van der Waals surface area contributed by atoms with Crippen molar-refractivity contribution in [2.75, 3.05) is 32.8 Å². The first kappa shape index (κ1) is 20.6. The number of amides is 1. The van der Waals surface area contributed by atoms with Gasteiger partial charge >= 0.3 is 0 Å². The maximum Gasteiger partial charge on any atom is 0.248 e. The first-order chi connectivity index (χ1) is 13.0. The van der Waals surface area contributed by atoms with Gasteiger partial charge in [-0.15, -0.1) is 0 Å². The Morgan fingerprint density at radius 2 is 1.63 bits per heavy atom. The number of ether oxygens (including phenoxy) is 1. The van der Waals surface area contributed by atoms with Gasteiger partial charge in [-0.05, 0) is 55.9 Å². The molecule has 0 unspecified atom stereocenters. The number of carbonyl (C=O) groups is 1. The Balaban J connectivity index is 1.62. The third-order valence-electron chi connectivity index (χ3n) is 5.16. The van der Waals surface area contributed by atoms with Crippen LogP contribution in [0.1, 0.15) is 44.1 Å². The van der Waals surface area contributed by atoms with Gasteiger partial charge in [0.05, 0.1) is 11.5 Å². The van der Waals surface area contributed by atoms with E-state index in [4.69, 9.17) is 16.3 Å². The molecule has 1 amide bonds. The molecule has 2 aliphatic heterocycles. The maximum absolute atomic E-state index is 12.8. The summed E-state index contributed by atoms with van der Waals surface area (Å²) < 4.78 is 32.7. The van der Waals surface area contributed by atoms with Gasteiger partial charge in [-0.25, -0.2) is 8.42 Å². The molecule has 150 valence electrons. The van der Waals surface area contributed by atoms with Crippen LogP contribution >= 0.6 is 11.6 Å². The number of hydrogen-bond acceptors (Lipinski definition) is 4. The van der Waals surface area contributed by atoms with Gasteiger partial charge in [0.15, 0.2) is 0 Å². The lowest BCUT2D eigenvalue weighted by atomic mass is 10.1. The van der Waals surface area contributed by atoms with Crippen molar-refractivity contribution < 1.29 is 17.9 Å². The van der Waals surface area contributed by atoms with Crippen molar-refractivity contribution in [2.45, 2.75) is 50.0 Å². The molecule has 1 aromatic carbocycles. The van der Waals surface area contributed by atoms with Crippen molar-refractivity contribution in [1.29, 1.82) is 0 Å². The van der Waals surface area contributed by atoms with Crippen LogP contribution in [0.4, 0.5) is 0 Å². The fourth-order valence-electron chi connectivity index (χ4n) is 3.56. The van der Waals surface area contributed by atoms with Crippen LogP contribution in [0.3, 0.4) is 0 Å². The second-order valence-electron chi connectivity index (χ2n) is 7.15. The Kier molecular flexibility index (Phi) is 7.14. The first-order valence-corrected chi connectivity index (χ1v) is 11.4. The van der Waals surface area contributed by atoms with Crippen molar-refractivity contribution in [3.63, 3.8) is 0 Å². The summed E-state index contributed by atoms with van der Waals surface area (Å²) in [7, 11) is -3.52. The minimum atomic E-state index is -3.52. The summed E-state index contributed by atoms with van der Waals surface area (Å²) in [4.78, 5) is 14.2. The second-order valence-corrected chi connectivity index (χ2v) is 9.50. The highest BCUT2D eigenvalue weighted by molar-refractivity contribution is 7.89. The SMILES string of the molecule is O=C(COCc1cc(S(=O)(=O)N2CCCCC2)ccc1Cl)N1CCCCC1. The molecule has 27 heavy (non-hydrogen) atoms. The average Bonchev–Trinajstić information content (AvgIpc) is 2.70. The summed E-state index contributed by atoms with van der Waals surface area (Å²) in [6.07, 6.45) is 6.08. The summed E-state index contributed by atoms with van der Waals surface area (Å²) in [6.45, 7) is 2.78. The second kappa shape index (κ2) is 9.37. The van der Waals surface area contributed by atoms with Crippen molar-refractivity contribution in [3.05, 3.63) is 28.8 Å². The Bertz CT molecular complexity index is 757. The third-order valence-corrected chi connectivity index (χ3v) is 7.43. The van der Waals surface area contributed by atoms with Gasteiger partial charge in [0.1, 0.15) is 6.61 Å². The number of halogens is 1. The molecular formula is C19H27ClN2O4S. The minimum Gasteiger partial charge on any atom is -0.367 e. The fourth-order valence-corrected chi connectivity index (χ4v) is 5.30. The van der Waals surface area contributed by atoms with Crippen LogP contribution in [-0.4, -0.2) is 56.3 Å². The van der Waals surface area contributed by atoms with Crippen LogP contribution in [0.5, 0.6) is 0 Å². The lowest BCUT2D eigenvalue weighted by Gasteiger charge is -2.26. The number of likely N-dealkylation sites (tertiary alicyclic amines) is 1. The molecule has 1 aromatic rings. The summed E-state index contributed by atoms with van der Waals surface area (Å²) in [5.74, 6) is -0.0251. The van der Waals surface area contributed by atoms with Gasteiger partial charge in [0.2, 0.25) is 15.9 Å². The van der Waals surface area contributed by atoms with Crippen molar-refractivity contribution in [1.82, 2.24) is 9.21 Å². The van der Waals surface area contributed by atoms with Crippen molar-refractivity contribution in [2.24, 2.45) is 0 Å². The molecule has 6 nitrogen and oxygen atoms in total. The van der Waals surface area contributed by atoms with Gasteiger partial charge < -0.3 is 9.64 Å². The van der Waals surface area contributed by atoms with E-state index in [2.05, 4.69) is 0 Å². The van der Waals surface area contributed by atoms with Gasteiger partial charge in [0.25, 0.3) is 0 Å². The van der Waals surface area contributed by atoms with Crippen LogP contribution in [0.15, 0.2) is 23.1 Å². The summed E-state index contributed by atoms with van der Waals surface area (Å²) in [5, 5.41) is 0.443. The number of piperidine rings is 2. The lowest BCUT2D eigenvalue weighted by Crippen LogP contribution is -2.37. The van der Waals surface area contributed by atoms with E-state index in [1.54, 1.807) is 12.1 Å². The van der Waals surface area contributed by atoms with E-state index >= 15 is 0 Å². The molecule has 0 atom stereocenters. The zero-order chi connectivity index (χ0) is 19.3. The monoisotopic (exact) mass is 414 g/mol. The molecule has 3 rings (SSSR count). The first-order valence-electron chi connectivity index (χ1n) is 9.62. The molecule has 2 heterocycles. The van der Waals surface area contributed by atoms with Gasteiger partial charge in [-0.1, -0.05) is 18.0 Å². The molecule has 0 saturated carbocycles. The normalized spacial score (nSPS) is 19.2. The largest absolute Gasteiger partial charge is 0.367 e. The summed E-state index contributed by atoms with van der Waals surface area (Å²) in [6, 6.07) is 4.69. The number of rotatable bonds is 6. The lowest BCUT2D eigenvalue weighted by molar-refractivity contribution is -0.137. The topological polar surface area (TPSA) is 66.9 Å². The maximum atomic E-state index is 12.8. The van der Waals surface area contributed by atoms with Crippen LogP contribution in [-0.2, 0) is 26.2 Å². The van der Waals surface area contributed by atoms with Gasteiger partial charge in [-0.3, -0.25) is 4.79 Å². The molecule has 0 N–H and O–H groups in total. The quantitative estimate of drug-likeness (QED) is 0.717. The number of benzene rings is 1. The molecule has 2 saturated heterocycles. The van der Waals surface area contributed by atoms with E-state index in [0.717, 1.165) is 45.2 Å². The van der Waals surface area contributed by atoms with Gasteiger partial charge in [-0.2, -0.15) is 4.31 Å². The standard InChI is InChI=1S/C19H27ClN2O4S/c20-18-8-7-17(27(24,25)22-11-5-2-6-12-22)13-16(18)14-26-15-19(23)21-9-3-1-4-10-21/h7-8,13H,1-6,9-12,14-15H2. The molecule has 0 aliphatic carbocycles. The molecular weight excluding hydrogens is 388 g/mol. The zero-order valence-corrected chi connectivity index (χ0v) is 17.1. The third kappa shape index (κ3) is 5.22. The molecule has 0 spiro atoms. The minimum absolute atomic E-state index is 0.0145. The highest BCUT2D eigenvalue weighted by atomic mass is 35.5. The van der Waals surface area contributed by atoms with Crippen molar-refractivity contribution in [3.8, 4) is 0 Å². The fraction of sp³-hybridized carbons (Fsp3) is 0.632. The van der Waals surface area contributed by atoms with Crippen LogP contribution < -0.4 is 0 Å². The Hall–Kier alpha value is -1.15. The molecule has 0 bridgehead atoms. The average molecular weight is 415 g/mol. The predicted octanol–water partition coefficient (Wildman–Crippen LogP) is 3.04. The van der Waals surface area contributed by atoms with E-state index in [0.29, 0.717) is 23.7 Å². The predicted molar refractivity (Wildman–Crippen MR) is 104 cm³/mol. The van der Waals surface area contributed by atoms with E-state index in [1.807, 2.05) is 4.90 Å². The summed E-state index contributed by atoms with van der Waals surface area (Å²) in [5.41, 5.74) is 0.584. The Labute approximate surface area is 166 Å². The molecule has 8 heteroatoms. The van der Waals surface area contributed by atoms with Crippen LogP contribution in [0, 0.1) is 0 Å². The van der Waals surface area contributed by atoms with E-state index in [1.165, 1.54) is 16.8 Å². The van der Waals surface area contributed by atoms with E-state index in [9.17, 15) is 13.2 Å². The number of sulfonamides is 1. The Morgan fingerprint density at radius 3 is 2.30 bits per heavy atom. The smallest absolute Gasteiger partial charge is 0.248 e. The summed E-state index contributed by atoms with van der Waals surface area (Å²) >= 11 is 6.21. The molecule has 0 aromatic heterocycles. The van der Waals surface area contributed by atoms with Crippen molar-refractivity contribution >= 4 is 27.5 Å². The van der Waals surface area contributed by atoms with E-state index < -0.39 is 10.0 Å². The van der Waals surface area contributed by atoms with E-state index in [-0.39, 0.29) is 24.0 Å². The van der Waals surface area contributed by atoms with Crippen LogP contribution in [0.25, 0.3) is 0 Å². The van der Waals surface area contributed by atoms with Crippen LogP contribution in [0.2, 0.25) is 5.02 Å². The Morgan fingerprint density at radius 1 is 1.00 bits per heavy atom. The number of hydrogen-bond donors (Lipinski definition) is 0. The number of nitrogens with zero attached hydrogens (tertiary/aromatic N) is 2. The zero-order valence-electron chi connectivity index (χ0n) is 15.5. The number of carbonyl (C=O) groups excluding carboxylic acids is 1. The highest BCUT2D eigenvalue weighted by Gasteiger charge is 2.26. The molecule has 0 radical (unpaired) electrons. The molecule has 2 aliphatic rings. The van der Waals surface area contributed by atoms with Gasteiger partial charge in [0, 0.05) is 31.2 Å². The molecule has 2 fully saturated rings. The highest BCUT2D eigenvalue weighted by Crippen LogP contribution is 2.25.